The highest BCUT2D eigenvalue weighted by Crippen LogP contribution is 2.19. The molecule has 0 aliphatic carbocycles. The molecule has 0 unspecified atom stereocenters. The van der Waals surface area contributed by atoms with E-state index < -0.39 is 0 Å². The van der Waals surface area contributed by atoms with Gasteiger partial charge in [0.15, 0.2) is 0 Å². The maximum Gasteiger partial charge on any atom is 0.227 e. The van der Waals surface area contributed by atoms with Crippen LogP contribution in [0.15, 0.2) is 30.3 Å². The van der Waals surface area contributed by atoms with Crippen molar-refractivity contribution in [1.29, 1.82) is 0 Å². The Kier molecular flexibility index (Phi) is 9.27. The molecule has 1 aromatic rings. The second-order valence-electron chi connectivity index (χ2n) is 6.52. The first-order valence-electron chi connectivity index (χ1n) is 8.89. The number of unbranched alkanes of at least 4 members (excludes halogenated alkanes) is 5. The van der Waals surface area contributed by atoms with E-state index in [1.165, 1.54) is 0 Å². The Morgan fingerprint density at radius 3 is 1.91 bits per heavy atom. The summed E-state index contributed by atoms with van der Waals surface area (Å²) in [6, 6.07) is 10.1. The van der Waals surface area contributed by atoms with Crippen LogP contribution < -0.4 is 4.90 Å². The zero-order chi connectivity index (χ0) is 17.1. The normalized spacial score (nSPS) is 10.8. The van der Waals surface area contributed by atoms with Crippen LogP contribution in [0.25, 0.3) is 0 Å². The van der Waals surface area contributed by atoms with Gasteiger partial charge in [0.1, 0.15) is 5.78 Å². The number of Topliss-reactive ketones (excluding diaryl/α,β-unsaturated/α-hetero) is 1. The van der Waals surface area contributed by atoms with Crippen LogP contribution in [-0.2, 0) is 9.59 Å². The minimum Gasteiger partial charge on any atom is -0.310 e. The van der Waals surface area contributed by atoms with E-state index in [2.05, 4.69) is 13.8 Å². The van der Waals surface area contributed by atoms with E-state index >= 15 is 0 Å². The number of benzene rings is 1. The Labute approximate surface area is 141 Å². The first kappa shape index (κ1) is 19.4. The molecule has 3 nitrogen and oxygen atoms in total. The number of ketones is 1. The number of hydrogen-bond acceptors (Lipinski definition) is 2. The number of carbonyl (C=O) groups is 2. The van der Waals surface area contributed by atoms with Crippen molar-refractivity contribution in [2.24, 2.45) is 0 Å². The van der Waals surface area contributed by atoms with Crippen LogP contribution in [0.3, 0.4) is 0 Å². The summed E-state index contributed by atoms with van der Waals surface area (Å²) in [6.45, 7) is 5.76. The summed E-state index contributed by atoms with van der Waals surface area (Å²) in [7, 11) is 0. The lowest BCUT2D eigenvalue weighted by Crippen LogP contribution is -2.36. The van der Waals surface area contributed by atoms with Gasteiger partial charge in [0.2, 0.25) is 5.91 Å². The molecule has 3 heteroatoms. The van der Waals surface area contributed by atoms with E-state index in [0.717, 1.165) is 44.2 Å². The SMILES string of the molecule is CC(=O)CCCCCCCCC(=O)N(c1ccccc1)C(C)C. The molecule has 128 valence electrons. The molecule has 0 aromatic heterocycles. The quantitative estimate of drug-likeness (QED) is 0.530. The zero-order valence-electron chi connectivity index (χ0n) is 14.9. The van der Waals surface area contributed by atoms with Gasteiger partial charge in [0.05, 0.1) is 0 Å². The van der Waals surface area contributed by atoms with Crippen LogP contribution in [0.1, 0.15) is 72.1 Å². The maximum absolute atomic E-state index is 12.5. The lowest BCUT2D eigenvalue weighted by atomic mass is 10.1. The smallest absolute Gasteiger partial charge is 0.227 e. The minimum absolute atomic E-state index is 0.177. The molecule has 0 spiro atoms. The number of carbonyl (C=O) groups excluding carboxylic acids is 2. The Balaban J connectivity index is 2.25. The van der Waals surface area contributed by atoms with Gasteiger partial charge in [-0.25, -0.2) is 0 Å². The van der Waals surface area contributed by atoms with E-state index in [4.69, 9.17) is 0 Å². The van der Waals surface area contributed by atoms with Crippen molar-refractivity contribution in [2.75, 3.05) is 4.90 Å². The predicted molar refractivity (Wildman–Crippen MR) is 96.7 cm³/mol. The second kappa shape index (κ2) is 11.0. The standard InChI is InChI=1S/C20H31NO2/c1-17(2)21(19-14-10-8-11-15-19)20(23)16-12-7-5-4-6-9-13-18(3)22/h8,10-11,14-15,17H,4-7,9,12-13,16H2,1-3H3. The van der Waals surface area contributed by atoms with Crippen molar-refractivity contribution < 1.29 is 9.59 Å². The first-order valence-corrected chi connectivity index (χ1v) is 8.89. The van der Waals surface area contributed by atoms with Gasteiger partial charge in [-0.1, -0.05) is 43.9 Å². The van der Waals surface area contributed by atoms with Gasteiger partial charge in [-0.05, 0) is 45.7 Å². The van der Waals surface area contributed by atoms with Crippen molar-refractivity contribution in [3.63, 3.8) is 0 Å². The molecule has 0 heterocycles. The largest absolute Gasteiger partial charge is 0.310 e. The van der Waals surface area contributed by atoms with Gasteiger partial charge in [-0.2, -0.15) is 0 Å². The Bertz CT molecular complexity index is 468. The van der Waals surface area contributed by atoms with Gasteiger partial charge >= 0.3 is 0 Å². The van der Waals surface area contributed by atoms with Crippen molar-refractivity contribution >= 4 is 17.4 Å². The molecule has 1 amide bonds. The van der Waals surface area contributed by atoms with Crippen LogP contribution in [-0.4, -0.2) is 17.7 Å². The highest BCUT2D eigenvalue weighted by atomic mass is 16.2. The van der Waals surface area contributed by atoms with Gasteiger partial charge < -0.3 is 9.69 Å². The second-order valence-corrected chi connectivity index (χ2v) is 6.52. The molecule has 0 saturated heterocycles. The molecular formula is C20H31NO2. The lowest BCUT2D eigenvalue weighted by Gasteiger charge is -2.27. The number of nitrogens with zero attached hydrogens (tertiary/aromatic N) is 1. The van der Waals surface area contributed by atoms with Crippen molar-refractivity contribution in [2.45, 2.75) is 78.2 Å². The third-order valence-corrected chi connectivity index (χ3v) is 3.99. The molecule has 0 fully saturated rings. The number of amides is 1. The molecule has 0 aliphatic rings. The van der Waals surface area contributed by atoms with E-state index in [0.29, 0.717) is 12.8 Å². The van der Waals surface area contributed by atoms with Crippen molar-refractivity contribution in [1.82, 2.24) is 0 Å². The summed E-state index contributed by atoms with van der Waals surface area (Å²) >= 11 is 0. The van der Waals surface area contributed by atoms with E-state index in [9.17, 15) is 9.59 Å². The predicted octanol–water partition coefficient (Wildman–Crippen LogP) is 5.14. The zero-order valence-corrected chi connectivity index (χ0v) is 14.9. The molecule has 0 aliphatic heterocycles. The van der Waals surface area contributed by atoms with Crippen LogP contribution >= 0.6 is 0 Å². The van der Waals surface area contributed by atoms with Gasteiger partial charge in [-0.3, -0.25) is 4.79 Å². The number of anilines is 1. The van der Waals surface area contributed by atoms with E-state index in [1.54, 1.807) is 6.92 Å². The highest BCUT2D eigenvalue weighted by molar-refractivity contribution is 5.93. The van der Waals surface area contributed by atoms with Crippen LogP contribution in [0.2, 0.25) is 0 Å². The summed E-state index contributed by atoms with van der Waals surface area (Å²) in [6.07, 6.45) is 7.79. The third kappa shape index (κ3) is 7.96. The summed E-state index contributed by atoms with van der Waals surface area (Å²) in [4.78, 5) is 25.2. The Morgan fingerprint density at radius 1 is 0.870 bits per heavy atom. The molecule has 0 bridgehead atoms. The van der Waals surface area contributed by atoms with Crippen LogP contribution in [0.5, 0.6) is 0 Å². The number of para-hydroxylation sites is 1. The van der Waals surface area contributed by atoms with Crippen LogP contribution in [0.4, 0.5) is 5.69 Å². The summed E-state index contributed by atoms with van der Waals surface area (Å²) in [5.41, 5.74) is 0.983. The number of hydrogen-bond donors (Lipinski definition) is 0. The lowest BCUT2D eigenvalue weighted by molar-refractivity contribution is -0.119. The van der Waals surface area contributed by atoms with E-state index in [1.807, 2.05) is 35.2 Å². The van der Waals surface area contributed by atoms with E-state index in [-0.39, 0.29) is 17.7 Å². The molecule has 0 radical (unpaired) electrons. The average Bonchev–Trinajstić information content (AvgIpc) is 2.50. The summed E-state index contributed by atoms with van der Waals surface area (Å²) < 4.78 is 0. The van der Waals surface area contributed by atoms with Crippen molar-refractivity contribution in [3.05, 3.63) is 30.3 Å². The van der Waals surface area contributed by atoms with Gasteiger partial charge in [-0.15, -0.1) is 0 Å². The summed E-state index contributed by atoms with van der Waals surface area (Å²) in [5, 5.41) is 0. The Morgan fingerprint density at radius 2 is 1.39 bits per heavy atom. The van der Waals surface area contributed by atoms with Crippen molar-refractivity contribution in [3.8, 4) is 0 Å². The maximum atomic E-state index is 12.5. The fourth-order valence-electron chi connectivity index (χ4n) is 2.80. The highest BCUT2D eigenvalue weighted by Gasteiger charge is 2.17. The fourth-order valence-corrected chi connectivity index (χ4v) is 2.80. The molecule has 0 N–H and O–H groups in total. The third-order valence-electron chi connectivity index (χ3n) is 3.99. The fraction of sp³-hybridized carbons (Fsp3) is 0.600. The Hall–Kier alpha value is -1.64. The van der Waals surface area contributed by atoms with Gasteiger partial charge in [0, 0.05) is 24.6 Å². The topological polar surface area (TPSA) is 37.4 Å². The molecule has 0 saturated carbocycles. The first-order chi connectivity index (χ1) is 11.0. The summed E-state index contributed by atoms with van der Waals surface area (Å²) in [5.74, 6) is 0.494. The molecule has 1 rings (SSSR count). The molecule has 0 atom stereocenters. The monoisotopic (exact) mass is 317 g/mol. The average molecular weight is 317 g/mol. The molecule has 1 aromatic carbocycles. The number of rotatable bonds is 11. The van der Waals surface area contributed by atoms with Gasteiger partial charge in [0.25, 0.3) is 0 Å². The minimum atomic E-state index is 0.177. The molecule has 23 heavy (non-hydrogen) atoms. The van der Waals surface area contributed by atoms with Crippen LogP contribution in [0, 0.1) is 0 Å². The molecular weight excluding hydrogens is 286 g/mol.